The molecule has 0 amide bonds. The van der Waals surface area contributed by atoms with Crippen LogP contribution in [0.3, 0.4) is 0 Å². The Morgan fingerprint density at radius 3 is 2.88 bits per heavy atom. The monoisotopic (exact) mass is 234 g/mol. The van der Waals surface area contributed by atoms with Crippen molar-refractivity contribution in [2.24, 2.45) is 0 Å². The van der Waals surface area contributed by atoms with Crippen molar-refractivity contribution in [2.75, 3.05) is 0 Å². The van der Waals surface area contributed by atoms with E-state index in [0.717, 1.165) is 5.56 Å². The predicted octanol–water partition coefficient (Wildman–Crippen LogP) is 2.06. The maximum Gasteiger partial charge on any atom is 0.344 e. The molecule has 2 rings (SSSR count). The molecule has 1 aromatic rings. The molecule has 0 bridgehead atoms. The van der Waals surface area contributed by atoms with Crippen molar-refractivity contribution in [3.63, 3.8) is 0 Å². The molecule has 1 aliphatic carbocycles. The summed E-state index contributed by atoms with van der Waals surface area (Å²) in [6.45, 7) is 1.76. The summed E-state index contributed by atoms with van der Waals surface area (Å²) < 4.78 is 5.46. The van der Waals surface area contributed by atoms with E-state index in [-0.39, 0.29) is 5.78 Å². The molecule has 1 atom stereocenters. The first kappa shape index (κ1) is 11.6. The number of hydrogen-bond acceptors (Lipinski definition) is 3. The van der Waals surface area contributed by atoms with Crippen LogP contribution in [0.15, 0.2) is 18.2 Å². The van der Waals surface area contributed by atoms with Gasteiger partial charge in [0.1, 0.15) is 5.75 Å². The van der Waals surface area contributed by atoms with Gasteiger partial charge in [0.15, 0.2) is 11.9 Å². The molecular weight excluding hydrogens is 220 g/mol. The first-order valence-corrected chi connectivity index (χ1v) is 5.68. The fourth-order valence-corrected chi connectivity index (χ4v) is 2.03. The molecule has 90 valence electrons. The summed E-state index contributed by atoms with van der Waals surface area (Å²) in [5.41, 5.74) is 1.51. The number of Topliss-reactive ketones (excluding diaryl/α,β-unsaturated/α-hetero) is 1. The van der Waals surface area contributed by atoms with Gasteiger partial charge in [-0.2, -0.15) is 0 Å². The molecule has 0 spiro atoms. The van der Waals surface area contributed by atoms with Gasteiger partial charge in [-0.15, -0.1) is 0 Å². The highest BCUT2D eigenvalue weighted by molar-refractivity contribution is 6.01. The van der Waals surface area contributed by atoms with Crippen molar-refractivity contribution in [3.8, 4) is 5.75 Å². The Balaban J connectivity index is 2.28. The quantitative estimate of drug-likeness (QED) is 0.866. The second-order valence-corrected chi connectivity index (χ2v) is 4.06. The molecule has 0 aliphatic heterocycles. The van der Waals surface area contributed by atoms with Crippen LogP contribution in [0, 0.1) is 0 Å². The van der Waals surface area contributed by atoms with Gasteiger partial charge in [-0.1, -0.05) is 19.1 Å². The lowest BCUT2D eigenvalue weighted by molar-refractivity contribution is -0.145. The fourth-order valence-electron chi connectivity index (χ4n) is 2.03. The SMILES string of the molecule is CCC(Oc1cccc2c1CCC2=O)C(=O)O. The van der Waals surface area contributed by atoms with E-state index in [0.29, 0.717) is 30.6 Å². The highest BCUT2D eigenvalue weighted by atomic mass is 16.5. The highest BCUT2D eigenvalue weighted by Crippen LogP contribution is 2.31. The first-order valence-electron chi connectivity index (χ1n) is 5.68. The van der Waals surface area contributed by atoms with Crippen molar-refractivity contribution < 1.29 is 19.4 Å². The van der Waals surface area contributed by atoms with Crippen LogP contribution in [0.2, 0.25) is 0 Å². The average molecular weight is 234 g/mol. The van der Waals surface area contributed by atoms with Gasteiger partial charge in [-0.3, -0.25) is 4.79 Å². The maximum absolute atomic E-state index is 11.5. The first-order chi connectivity index (χ1) is 8.13. The molecule has 1 aromatic carbocycles. The van der Waals surface area contributed by atoms with E-state index in [2.05, 4.69) is 0 Å². The summed E-state index contributed by atoms with van der Waals surface area (Å²) >= 11 is 0. The Morgan fingerprint density at radius 1 is 1.47 bits per heavy atom. The van der Waals surface area contributed by atoms with Crippen molar-refractivity contribution >= 4 is 11.8 Å². The van der Waals surface area contributed by atoms with E-state index in [4.69, 9.17) is 9.84 Å². The molecule has 0 aromatic heterocycles. The number of carboxylic acids is 1. The van der Waals surface area contributed by atoms with Gasteiger partial charge in [0.25, 0.3) is 0 Å². The number of rotatable bonds is 4. The second kappa shape index (κ2) is 4.57. The summed E-state index contributed by atoms with van der Waals surface area (Å²) in [5, 5.41) is 8.94. The Hall–Kier alpha value is -1.84. The largest absolute Gasteiger partial charge is 0.479 e. The molecule has 4 heteroatoms. The topological polar surface area (TPSA) is 63.6 Å². The minimum Gasteiger partial charge on any atom is -0.479 e. The number of ether oxygens (including phenoxy) is 1. The van der Waals surface area contributed by atoms with E-state index in [1.54, 1.807) is 25.1 Å². The van der Waals surface area contributed by atoms with Gasteiger partial charge in [-0.25, -0.2) is 4.79 Å². The van der Waals surface area contributed by atoms with E-state index < -0.39 is 12.1 Å². The number of ketones is 1. The molecule has 1 aliphatic rings. The van der Waals surface area contributed by atoms with Crippen molar-refractivity contribution in [1.82, 2.24) is 0 Å². The van der Waals surface area contributed by atoms with Crippen LogP contribution < -0.4 is 4.74 Å². The number of aliphatic carboxylic acids is 1. The molecule has 17 heavy (non-hydrogen) atoms. The number of carboxylic acid groups (broad SMARTS) is 1. The lowest BCUT2D eigenvalue weighted by Crippen LogP contribution is -2.26. The molecule has 1 N–H and O–H groups in total. The average Bonchev–Trinajstić information content (AvgIpc) is 2.69. The molecule has 0 saturated heterocycles. The number of hydrogen-bond donors (Lipinski definition) is 1. The Bertz CT molecular complexity index is 464. The summed E-state index contributed by atoms with van der Waals surface area (Å²) in [6, 6.07) is 5.22. The van der Waals surface area contributed by atoms with Gasteiger partial charge in [0.05, 0.1) is 0 Å². The van der Waals surface area contributed by atoms with E-state index in [9.17, 15) is 9.59 Å². The lowest BCUT2D eigenvalue weighted by Gasteiger charge is -2.15. The molecule has 0 fully saturated rings. The summed E-state index contributed by atoms with van der Waals surface area (Å²) in [6.07, 6.45) is 0.671. The van der Waals surface area contributed by atoms with Crippen molar-refractivity contribution in [2.45, 2.75) is 32.3 Å². The third-order valence-corrected chi connectivity index (χ3v) is 2.95. The van der Waals surface area contributed by atoms with Crippen LogP contribution in [0.5, 0.6) is 5.75 Å². The van der Waals surface area contributed by atoms with E-state index >= 15 is 0 Å². The fraction of sp³-hybridized carbons (Fsp3) is 0.385. The minimum atomic E-state index is -0.977. The van der Waals surface area contributed by atoms with Crippen LogP contribution in [-0.4, -0.2) is 23.0 Å². The van der Waals surface area contributed by atoms with Crippen LogP contribution in [-0.2, 0) is 11.2 Å². The number of carbonyl (C=O) groups is 2. The predicted molar refractivity (Wildman–Crippen MR) is 61.4 cm³/mol. The highest BCUT2D eigenvalue weighted by Gasteiger charge is 2.25. The number of fused-ring (bicyclic) bond motifs is 1. The van der Waals surface area contributed by atoms with E-state index in [1.807, 2.05) is 0 Å². The van der Waals surface area contributed by atoms with Gasteiger partial charge in [-0.05, 0) is 18.9 Å². The zero-order valence-corrected chi connectivity index (χ0v) is 9.60. The zero-order chi connectivity index (χ0) is 12.4. The van der Waals surface area contributed by atoms with Crippen LogP contribution in [0.25, 0.3) is 0 Å². The molecule has 1 unspecified atom stereocenters. The molecule has 0 radical (unpaired) electrons. The second-order valence-electron chi connectivity index (χ2n) is 4.06. The zero-order valence-electron chi connectivity index (χ0n) is 9.60. The summed E-state index contributed by atoms with van der Waals surface area (Å²) in [5.74, 6) is -0.342. The Morgan fingerprint density at radius 2 is 2.24 bits per heavy atom. The van der Waals surface area contributed by atoms with Crippen LogP contribution in [0.4, 0.5) is 0 Å². The Kier molecular flexibility index (Phi) is 3.13. The van der Waals surface area contributed by atoms with Gasteiger partial charge >= 0.3 is 5.97 Å². The molecule has 4 nitrogen and oxygen atoms in total. The van der Waals surface area contributed by atoms with Crippen molar-refractivity contribution in [1.29, 1.82) is 0 Å². The van der Waals surface area contributed by atoms with Crippen LogP contribution >= 0.6 is 0 Å². The third kappa shape index (κ3) is 2.16. The van der Waals surface area contributed by atoms with Gasteiger partial charge in [0, 0.05) is 17.5 Å². The molecule has 0 heterocycles. The molecule has 0 saturated carbocycles. The van der Waals surface area contributed by atoms with E-state index in [1.165, 1.54) is 0 Å². The standard InChI is InChI=1S/C13H14O4/c1-2-11(13(15)16)17-12-5-3-4-8-9(12)6-7-10(8)14/h3-5,11H,2,6-7H2,1H3,(H,15,16). The number of benzene rings is 1. The summed E-state index contributed by atoms with van der Waals surface area (Å²) in [7, 11) is 0. The normalized spacial score (nSPS) is 15.5. The van der Waals surface area contributed by atoms with Crippen molar-refractivity contribution in [3.05, 3.63) is 29.3 Å². The smallest absolute Gasteiger partial charge is 0.344 e. The lowest BCUT2D eigenvalue weighted by atomic mass is 10.1. The maximum atomic E-state index is 11.5. The van der Waals surface area contributed by atoms with Gasteiger partial charge < -0.3 is 9.84 Å². The Labute approximate surface area is 99.2 Å². The van der Waals surface area contributed by atoms with Gasteiger partial charge in [0.2, 0.25) is 0 Å². The molecular formula is C13H14O4. The minimum absolute atomic E-state index is 0.105. The summed E-state index contributed by atoms with van der Waals surface area (Å²) in [4.78, 5) is 22.4. The number of carbonyl (C=O) groups excluding carboxylic acids is 1. The van der Waals surface area contributed by atoms with Crippen LogP contribution in [0.1, 0.15) is 35.7 Å². The third-order valence-electron chi connectivity index (χ3n) is 2.95.